The molecule has 1 unspecified atom stereocenters. The fourth-order valence-electron chi connectivity index (χ4n) is 2.19. The molecule has 2 heterocycles. The standard InChI is InChI=1S/C14H23N5O3S.HI/c1-15-14(18-10-12-4-3-9-22-12)17-7-8-19-23(20,21)13-5-2-6-16-11-13;/h2,5-6,11-12,19H,3-4,7-10H2,1H3,(H2,15,17,18);1H. The molecule has 0 aliphatic carbocycles. The van der Waals surface area contributed by atoms with E-state index in [2.05, 4.69) is 25.3 Å². The van der Waals surface area contributed by atoms with Crippen LogP contribution in [0.5, 0.6) is 0 Å². The molecule has 2 rings (SSSR count). The van der Waals surface area contributed by atoms with E-state index < -0.39 is 10.0 Å². The highest BCUT2D eigenvalue weighted by Crippen LogP contribution is 2.10. The van der Waals surface area contributed by atoms with Gasteiger partial charge < -0.3 is 15.4 Å². The van der Waals surface area contributed by atoms with E-state index in [1.807, 2.05) is 0 Å². The number of hydrogen-bond donors (Lipinski definition) is 3. The van der Waals surface area contributed by atoms with Gasteiger partial charge in [-0.05, 0) is 25.0 Å². The van der Waals surface area contributed by atoms with Crippen LogP contribution in [0.25, 0.3) is 0 Å². The fourth-order valence-corrected chi connectivity index (χ4v) is 3.19. The zero-order chi connectivity index (χ0) is 16.5. The molecule has 0 aromatic carbocycles. The van der Waals surface area contributed by atoms with Crippen molar-refractivity contribution in [1.82, 2.24) is 20.3 Å². The Morgan fingerprint density at radius 1 is 1.42 bits per heavy atom. The second-order valence-electron chi connectivity index (χ2n) is 5.10. The minimum absolute atomic E-state index is 0. The van der Waals surface area contributed by atoms with Crippen molar-refractivity contribution in [3.8, 4) is 0 Å². The molecule has 1 atom stereocenters. The van der Waals surface area contributed by atoms with E-state index in [1.165, 1.54) is 18.5 Å². The van der Waals surface area contributed by atoms with Crippen molar-refractivity contribution < 1.29 is 13.2 Å². The second-order valence-corrected chi connectivity index (χ2v) is 6.87. The molecule has 1 fully saturated rings. The molecule has 10 heteroatoms. The summed E-state index contributed by atoms with van der Waals surface area (Å²) in [6.45, 7) is 2.18. The molecule has 0 amide bonds. The van der Waals surface area contributed by atoms with E-state index in [4.69, 9.17) is 4.74 Å². The van der Waals surface area contributed by atoms with E-state index in [1.54, 1.807) is 13.1 Å². The summed E-state index contributed by atoms with van der Waals surface area (Å²) in [4.78, 5) is 8.05. The molecule has 1 saturated heterocycles. The van der Waals surface area contributed by atoms with E-state index in [-0.39, 0.29) is 41.5 Å². The number of aliphatic imine (C=N–C) groups is 1. The van der Waals surface area contributed by atoms with Crippen LogP contribution in [-0.4, -0.2) is 58.8 Å². The fraction of sp³-hybridized carbons (Fsp3) is 0.571. The molecule has 0 saturated carbocycles. The molecule has 3 N–H and O–H groups in total. The Balaban J connectivity index is 0.00000288. The molecular weight excluding hydrogens is 445 g/mol. The van der Waals surface area contributed by atoms with Gasteiger partial charge in [-0.25, -0.2) is 13.1 Å². The van der Waals surface area contributed by atoms with Crippen LogP contribution in [0.4, 0.5) is 0 Å². The number of rotatable bonds is 7. The summed E-state index contributed by atoms with van der Waals surface area (Å²) >= 11 is 0. The maximum absolute atomic E-state index is 12.0. The van der Waals surface area contributed by atoms with Crippen LogP contribution < -0.4 is 15.4 Å². The minimum atomic E-state index is -3.52. The lowest BCUT2D eigenvalue weighted by Gasteiger charge is -2.15. The van der Waals surface area contributed by atoms with Crippen LogP contribution in [0.3, 0.4) is 0 Å². The maximum atomic E-state index is 12.0. The van der Waals surface area contributed by atoms with Gasteiger partial charge >= 0.3 is 0 Å². The zero-order valence-electron chi connectivity index (χ0n) is 13.6. The third-order valence-electron chi connectivity index (χ3n) is 3.40. The van der Waals surface area contributed by atoms with Crippen LogP contribution in [0, 0.1) is 0 Å². The number of pyridine rings is 1. The Bertz CT molecular complexity index is 606. The lowest BCUT2D eigenvalue weighted by Crippen LogP contribution is -2.43. The van der Waals surface area contributed by atoms with Crippen LogP contribution >= 0.6 is 24.0 Å². The number of nitrogens with zero attached hydrogens (tertiary/aromatic N) is 2. The average Bonchev–Trinajstić information content (AvgIpc) is 3.08. The maximum Gasteiger partial charge on any atom is 0.242 e. The van der Waals surface area contributed by atoms with Gasteiger partial charge in [0.15, 0.2) is 5.96 Å². The van der Waals surface area contributed by atoms with Gasteiger partial charge in [0.2, 0.25) is 10.0 Å². The van der Waals surface area contributed by atoms with Crippen LogP contribution in [0.15, 0.2) is 34.4 Å². The summed E-state index contributed by atoms with van der Waals surface area (Å²) in [7, 11) is -1.85. The highest BCUT2D eigenvalue weighted by Gasteiger charge is 2.16. The molecule has 1 aromatic heterocycles. The summed E-state index contributed by atoms with van der Waals surface area (Å²) in [5.41, 5.74) is 0. The topological polar surface area (TPSA) is 105 Å². The summed E-state index contributed by atoms with van der Waals surface area (Å²) in [5.74, 6) is 0.626. The molecular formula is C14H24IN5O3S. The SMILES string of the molecule is CN=C(NCCNS(=O)(=O)c1cccnc1)NCC1CCCO1.I. The van der Waals surface area contributed by atoms with E-state index in [0.717, 1.165) is 19.4 Å². The van der Waals surface area contributed by atoms with Gasteiger partial charge in [0, 0.05) is 45.7 Å². The van der Waals surface area contributed by atoms with Gasteiger partial charge in [0.05, 0.1) is 6.10 Å². The van der Waals surface area contributed by atoms with Gasteiger partial charge in [-0.3, -0.25) is 9.98 Å². The first-order valence-corrected chi connectivity index (χ1v) is 9.06. The summed E-state index contributed by atoms with van der Waals surface area (Å²) in [6, 6.07) is 3.09. The summed E-state index contributed by atoms with van der Waals surface area (Å²) < 4.78 is 32.0. The van der Waals surface area contributed by atoms with Crippen LogP contribution in [0.1, 0.15) is 12.8 Å². The molecule has 1 aliphatic heterocycles. The molecule has 24 heavy (non-hydrogen) atoms. The number of sulfonamides is 1. The monoisotopic (exact) mass is 469 g/mol. The van der Waals surface area contributed by atoms with Gasteiger partial charge in [-0.15, -0.1) is 24.0 Å². The third-order valence-corrected chi connectivity index (χ3v) is 4.85. The summed E-state index contributed by atoms with van der Waals surface area (Å²) in [6.07, 6.45) is 5.21. The first kappa shape index (κ1) is 21.1. The normalized spacial score (nSPS) is 18.0. The van der Waals surface area contributed by atoms with Crippen molar-refractivity contribution in [1.29, 1.82) is 0 Å². The zero-order valence-corrected chi connectivity index (χ0v) is 16.7. The van der Waals surface area contributed by atoms with Gasteiger partial charge in [-0.1, -0.05) is 0 Å². The first-order chi connectivity index (χ1) is 11.1. The Kier molecular flexibility index (Phi) is 9.48. The van der Waals surface area contributed by atoms with E-state index >= 15 is 0 Å². The lowest BCUT2D eigenvalue weighted by molar-refractivity contribution is 0.114. The number of hydrogen-bond acceptors (Lipinski definition) is 5. The average molecular weight is 469 g/mol. The Morgan fingerprint density at radius 3 is 2.88 bits per heavy atom. The Hall–Kier alpha value is -0.980. The van der Waals surface area contributed by atoms with Gasteiger partial charge in [0.25, 0.3) is 0 Å². The molecule has 0 radical (unpaired) electrons. The largest absolute Gasteiger partial charge is 0.376 e. The van der Waals surface area contributed by atoms with Crippen molar-refractivity contribution in [2.45, 2.75) is 23.8 Å². The van der Waals surface area contributed by atoms with Crippen molar-refractivity contribution in [2.24, 2.45) is 4.99 Å². The molecule has 0 bridgehead atoms. The van der Waals surface area contributed by atoms with Crippen LogP contribution in [0.2, 0.25) is 0 Å². The van der Waals surface area contributed by atoms with Crippen molar-refractivity contribution >= 4 is 40.0 Å². The molecule has 0 spiro atoms. The molecule has 1 aromatic rings. The second kappa shape index (κ2) is 10.8. The number of guanidine groups is 1. The molecule has 136 valence electrons. The third kappa shape index (κ3) is 6.87. The number of halogens is 1. The number of nitrogens with one attached hydrogen (secondary N) is 3. The minimum Gasteiger partial charge on any atom is -0.376 e. The molecule has 1 aliphatic rings. The quantitative estimate of drug-likeness (QED) is 0.230. The predicted octanol–water partition coefficient (Wildman–Crippen LogP) is 0.322. The summed E-state index contributed by atoms with van der Waals surface area (Å²) in [5, 5.41) is 6.23. The van der Waals surface area contributed by atoms with E-state index in [0.29, 0.717) is 19.0 Å². The highest BCUT2D eigenvalue weighted by atomic mass is 127. The van der Waals surface area contributed by atoms with Crippen molar-refractivity contribution in [3.63, 3.8) is 0 Å². The molecule has 8 nitrogen and oxygen atoms in total. The van der Waals surface area contributed by atoms with Gasteiger partial charge in [-0.2, -0.15) is 0 Å². The Labute approximate surface area is 159 Å². The highest BCUT2D eigenvalue weighted by molar-refractivity contribution is 14.0. The smallest absolute Gasteiger partial charge is 0.242 e. The van der Waals surface area contributed by atoms with E-state index in [9.17, 15) is 8.42 Å². The first-order valence-electron chi connectivity index (χ1n) is 7.57. The number of aromatic nitrogens is 1. The lowest BCUT2D eigenvalue weighted by atomic mass is 10.2. The van der Waals surface area contributed by atoms with Crippen LogP contribution in [-0.2, 0) is 14.8 Å². The number of ether oxygens (including phenoxy) is 1. The van der Waals surface area contributed by atoms with Crippen molar-refractivity contribution in [2.75, 3.05) is 33.3 Å². The Morgan fingerprint density at radius 2 is 2.25 bits per heavy atom. The van der Waals surface area contributed by atoms with Gasteiger partial charge in [0.1, 0.15) is 4.90 Å². The van der Waals surface area contributed by atoms with Crippen molar-refractivity contribution in [3.05, 3.63) is 24.5 Å². The predicted molar refractivity (Wildman–Crippen MR) is 103 cm³/mol.